The van der Waals surface area contributed by atoms with E-state index >= 15 is 0 Å². The molecule has 1 aromatic carbocycles. The van der Waals surface area contributed by atoms with E-state index in [1.165, 1.54) is 19.3 Å². The molecule has 1 fully saturated rings. The summed E-state index contributed by atoms with van der Waals surface area (Å²) in [6.45, 7) is 2.95. The molecule has 3 aromatic heterocycles. The second kappa shape index (κ2) is 11.7. The molecular formula is C28H32N8O2. The summed E-state index contributed by atoms with van der Waals surface area (Å²) in [4.78, 5) is 28.6. The molecule has 0 aliphatic carbocycles. The Morgan fingerprint density at radius 2 is 1.92 bits per heavy atom. The van der Waals surface area contributed by atoms with Gasteiger partial charge in [0, 0.05) is 49.7 Å². The molecule has 1 aliphatic heterocycles. The maximum Gasteiger partial charge on any atom is 0.248 e. The number of likely N-dealkylation sites (tertiary alicyclic amines) is 1. The third-order valence-corrected chi connectivity index (χ3v) is 6.53. The number of hydrogen-bond donors (Lipinski definition) is 3. The second-order valence-corrected chi connectivity index (χ2v) is 9.07. The van der Waals surface area contributed by atoms with Crippen molar-refractivity contribution in [2.24, 2.45) is 0 Å². The van der Waals surface area contributed by atoms with Gasteiger partial charge in [0.2, 0.25) is 11.9 Å². The second-order valence-electron chi connectivity index (χ2n) is 9.07. The quantitative estimate of drug-likeness (QED) is 0.280. The van der Waals surface area contributed by atoms with E-state index in [1.54, 1.807) is 32.6 Å². The maximum absolute atomic E-state index is 12.7. The molecule has 1 amide bonds. The fraction of sp³-hybridized carbons (Fsp3) is 0.286. The average Bonchev–Trinajstić information content (AvgIpc) is 3.38. The lowest BCUT2D eigenvalue weighted by Crippen LogP contribution is -2.29. The lowest BCUT2D eigenvalue weighted by atomic mass is 10.1. The highest BCUT2D eigenvalue weighted by atomic mass is 16.5. The topological polar surface area (TPSA) is 109 Å². The van der Waals surface area contributed by atoms with Crippen LogP contribution in [0.5, 0.6) is 5.75 Å². The van der Waals surface area contributed by atoms with Crippen LogP contribution in [-0.4, -0.2) is 64.1 Å². The summed E-state index contributed by atoms with van der Waals surface area (Å²) in [5, 5.41) is 10.4. The molecule has 10 nitrogen and oxygen atoms in total. The third-order valence-electron chi connectivity index (χ3n) is 6.53. The van der Waals surface area contributed by atoms with Gasteiger partial charge in [-0.15, -0.1) is 0 Å². The van der Waals surface area contributed by atoms with E-state index in [0.717, 1.165) is 36.4 Å². The highest BCUT2D eigenvalue weighted by Gasteiger charge is 2.14. The number of aromatic nitrogens is 4. The van der Waals surface area contributed by atoms with E-state index in [9.17, 15) is 4.79 Å². The summed E-state index contributed by atoms with van der Waals surface area (Å²) in [6.07, 6.45) is 12.6. The minimum atomic E-state index is -0.195. The first-order valence-electron chi connectivity index (χ1n) is 12.8. The lowest BCUT2D eigenvalue weighted by Gasteiger charge is -2.24. The van der Waals surface area contributed by atoms with Crippen LogP contribution in [-0.2, 0) is 4.79 Å². The summed E-state index contributed by atoms with van der Waals surface area (Å²) >= 11 is 0. The number of methoxy groups -OCH3 is 1. The van der Waals surface area contributed by atoms with Gasteiger partial charge in [-0.05, 0) is 56.3 Å². The van der Waals surface area contributed by atoms with Crippen molar-refractivity contribution in [3.8, 4) is 11.6 Å². The van der Waals surface area contributed by atoms with Crippen molar-refractivity contribution >= 4 is 40.0 Å². The number of carbonyl (C=O) groups excluding carboxylic acids is 1. The first kappa shape index (κ1) is 25.2. The number of nitrogens with zero attached hydrogens (tertiary/aromatic N) is 5. The van der Waals surface area contributed by atoms with Crippen LogP contribution in [0.1, 0.15) is 19.3 Å². The Bertz CT molecular complexity index is 1440. The summed E-state index contributed by atoms with van der Waals surface area (Å²) in [5.74, 6) is 1.44. The molecule has 5 rings (SSSR count). The van der Waals surface area contributed by atoms with Crippen molar-refractivity contribution < 1.29 is 9.53 Å². The number of benzene rings is 1. The van der Waals surface area contributed by atoms with Gasteiger partial charge in [-0.2, -0.15) is 4.98 Å². The number of anilines is 4. The number of amides is 1. The van der Waals surface area contributed by atoms with Crippen molar-refractivity contribution in [2.75, 3.05) is 49.7 Å². The van der Waals surface area contributed by atoms with Gasteiger partial charge in [0.1, 0.15) is 17.2 Å². The van der Waals surface area contributed by atoms with E-state index in [1.807, 2.05) is 53.2 Å². The molecule has 4 heterocycles. The predicted octanol–water partition coefficient (Wildman–Crippen LogP) is 4.59. The number of nitrogens with one attached hydrogen (secondary N) is 3. The fourth-order valence-electron chi connectivity index (χ4n) is 4.60. The van der Waals surface area contributed by atoms with Gasteiger partial charge in [0.25, 0.3) is 0 Å². The smallest absolute Gasteiger partial charge is 0.248 e. The number of ether oxygens (including phenoxy) is 1. The molecule has 4 aromatic rings. The van der Waals surface area contributed by atoms with Gasteiger partial charge in [0.15, 0.2) is 0 Å². The van der Waals surface area contributed by atoms with Gasteiger partial charge < -0.3 is 20.7 Å². The Hall–Kier alpha value is -4.44. The lowest BCUT2D eigenvalue weighted by molar-refractivity contribution is -0.111. The van der Waals surface area contributed by atoms with E-state index in [2.05, 4.69) is 35.8 Å². The Labute approximate surface area is 221 Å². The highest BCUT2D eigenvalue weighted by Crippen LogP contribution is 2.36. The summed E-state index contributed by atoms with van der Waals surface area (Å²) in [5.41, 5.74) is 2.77. The molecule has 196 valence electrons. The van der Waals surface area contributed by atoms with Crippen molar-refractivity contribution in [3.63, 3.8) is 0 Å². The molecule has 0 spiro atoms. The molecule has 3 N–H and O–H groups in total. The zero-order chi connectivity index (χ0) is 26.3. The Morgan fingerprint density at radius 3 is 2.74 bits per heavy atom. The van der Waals surface area contributed by atoms with Crippen LogP contribution in [0, 0.1) is 0 Å². The van der Waals surface area contributed by atoms with Gasteiger partial charge >= 0.3 is 0 Å². The average molecular weight is 513 g/mol. The molecule has 0 saturated carbocycles. The Kier molecular flexibility index (Phi) is 7.79. The summed E-state index contributed by atoms with van der Waals surface area (Å²) < 4.78 is 7.51. The molecular weight excluding hydrogens is 480 g/mol. The van der Waals surface area contributed by atoms with E-state index < -0.39 is 0 Å². The first-order valence-corrected chi connectivity index (χ1v) is 12.8. The van der Waals surface area contributed by atoms with Gasteiger partial charge in [0.05, 0.1) is 24.2 Å². The number of pyridine rings is 1. The van der Waals surface area contributed by atoms with Gasteiger partial charge in [-0.1, -0.05) is 12.5 Å². The first-order chi connectivity index (χ1) is 18.6. The largest absolute Gasteiger partial charge is 0.494 e. The van der Waals surface area contributed by atoms with E-state index in [0.29, 0.717) is 28.9 Å². The molecule has 1 aliphatic rings. The molecule has 38 heavy (non-hydrogen) atoms. The van der Waals surface area contributed by atoms with Crippen LogP contribution in [0.15, 0.2) is 67.1 Å². The molecule has 0 bridgehead atoms. The number of rotatable bonds is 9. The van der Waals surface area contributed by atoms with E-state index in [-0.39, 0.29) is 5.91 Å². The monoisotopic (exact) mass is 512 g/mol. The summed E-state index contributed by atoms with van der Waals surface area (Å²) in [7, 11) is 3.39. The minimum Gasteiger partial charge on any atom is -0.494 e. The van der Waals surface area contributed by atoms with Crippen LogP contribution >= 0.6 is 0 Å². The fourth-order valence-corrected chi connectivity index (χ4v) is 4.60. The SMILES string of the molecule is CNc1cc(OC)c(Nc2nccc(-n3ccc4cccnc43)n2)cc1NC(=O)/C=C/CN1CCCCC1. The molecule has 1 saturated heterocycles. The zero-order valence-corrected chi connectivity index (χ0v) is 21.6. The van der Waals surface area contributed by atoms with Crippen molar-refractivity contribution in [1.82, 2.24) is 24.4 Å². The Balaban J connectivity index is 1.35. The van der Waals surface area contributed by atoms with Crippen LogP contribution in [0.4, 0.5) is 23.0 Å². The molecule has 0 unspecified atom stereocenters. The summed E-state index contributed by atoms with van der Waals surface area (Å²) in [6, 6.07) is 11.4. The third kappa shape index (κ3) is 5.76. The van der Waals surface area contributed by atoms with Crippen molar-refractivity contribution in [2.45, 2.75) is 19.3 Å². The van der Waals surface area contributed by atoms with Crippen LogP contribution in [0.2, 0.25) is 0 Å². The standard InChI is InChI=1S/C28H32N8O2/c1-29-21-19-24(38-2)23(18-22(21)32-26(37)9-7-16-35-14-4-3-5-15-35)33-28-31-13-10-25(34-28)36-17-11-20-8-6-12-30-27(20)36/h6-13,17-19,29H,3-5,14-16H2,1-2H3,(H,32,37)(H,31,33,34)/b9-7+. The van der Waals surface area contributed by atoms with Crippen molar-refractivity contribution in [3.05, 3.63) is 67.1 Å². The molecule has 10 heteroatoms. The number of fused-ring (bicyclic) bond motifs is 1. The highest BCUT2D eigenvalue weighted by molar-refractivity contribution is 6.02. The molecule has 0 radical (unpaired) electrons. The number of hydrogen-bond acceptors (Lipinski definition) is 8. The normalized spacial score (nSPS) is 14.1. The van der Waals surface area contributed by atoms with Gasteiger partial charge in [-0.3, -0.25) is 14.3 Å². The van der Waals surface area contributed by atoms with Crippen LogP contribution < -0.4 is 20.7 Å². The van der Waals surface area contributed by atoms with Crippen LogP contribution in [0.3, 0.4) is 0 Å². The zero-order valence-electron chi connectivity index (χ0n) is 21.6. The number of piperidine rings is 1. The predicted molar refractivity (Wildman–Crippen MR) is 151 cm³/mol. The Morgan fingerprint density at radius 1 is 1.05 bits per heavy atom. The van der Waals surface area contributed by atoms with Crippen molar-refractivity contribution in [1.29, 1.82) is 0 Å². The number of carbonyl (C=O) groups is 1. The van der Waals surface area contributed by atoms with Crippen LogP contribution in [0.25, 0.3) is 16.9 Å². The molecule has 0 atom stereocenters. The van der Waals surface area contributed by atoms with E-state index in [4.69, 9.17) is 4.74 Å². The van der Waals surface area contributed by atoms with Gasteiger partial charge in [-0.25, -0.2) is 9.97 Å². The minimum absolute atomic E-state index is 0.195. The maximum atomic E-state index is 12.7.